The van der Waals surface area contributed by atoms with E-state index in [1.54, 1.807) is 0 Å². The summed E-state index contributed by atoms with van der Waals surface area (Å²) in [6.07, 6.45) is 11.0. The van der Waals surface area contributed by atoms with Gasteiger partial charge in [0.2, 0.25) is 0 Å². The van der Waals surface area contributed by atoms with Gasteiger partial charge in [-0.25, -0.2) is 0 Å². The van der Waals surface area contributed by atoms with Crippen molar-refractivity contribution >= 4 is 0 Å². The fourth-order valence-electron chi connectivity index (χ4n) is 3.64. The van der Waals surface area contributed by atoms with Crippen LogP contribution in [0.3, 0.4) is 0 Å². The Labute approximate surface area is 113 Å². The molecule has 0 radical (unpaired) electrons. The van der Waals surface area contributed by atoms with Crippen molar-refractivity contribution in [3.8, 4) is 0 Å². The first-order valence-corrected chi connectivity index (χ1v) is 7.99. The standard InChI is InChI=1S/C16H31NO/c1-4-7-14-12-13(9-11-18-14)17-15-8-5-6-10-16(15,2)3/h13-15,17H,4-12H2,1-3H3. The molecule has 0 aromatic heterocycles. The van der Waals surface area contributed by atoms with Crippen LogP contribution < -0.4 is 5.32 Å². The molecule has 1 heterocycles. The van der Waals surface area contributed by atoms with Gasteiger partial charge in [0.15, 0.2) is 0 Å². The third-order valence-corrected chi connectivity index (χ3v) is 4.92. The lowest BCUT2D eigenvalue weighted by atomic mass is 9.73. The van der Waals surface area contributed by atoms with Gasteiger partial charge in [-0.05, 0) is 37.5 Å². The zero-order valence-corrected chi connectivity index (χ0v) is 12.5. The molecule has 2 fully saturated rings. The van der Waals surface area contributed by atoms with E-state index in [0.717, 1.165) is 12.6 Å². The summed E-state index contributed by atoms with van der Waals surface area (Å²) in [7, 11) is 0. The third-order valence-electron chi connectivity index (χ3n) is 4.92. The van der Waals surface area contributed by atoms with Crippen LogP contribution in [-0.4, -0.2) is 24.8 Å². The van der Waals surface area contributed by atoms with Crippen LogP contribution in [0.25, 0.3) is 0 Å². The predicted molar refractivity (Wildman–Crippen MR) is 76.8 cm³/mol. The van der Waals surface area contributed by atoms with E-state index < -0.39 is 0 Å². The number of ether oxygens (including phenoxy) is 1. The Balaban J connectivity index is 1.84. The SMILES string of the molecule is CCCC1CC(NC2CCCCC2(C)C)CCO1. The molecule has 1 saturated carbocycles. The molecular formula is C16H31NO. The molecule has 0 aromatic rings. The summed E-state index contributed by atoms with van der Waals surface area (Å²) in [5.41, 5.74) is 0.483. The maximum atomic E-state index is 5.85. The minimum Gasteiger partial charge on any atom is -0.378 e. The van der Waals surface area contributed by atoms with Crippen molar-refractivity contribution in [3.05, 3.63) is 0 Å². The minimum atomic E-state index is 0.483. The summed E-state index contributed by atoms with van der Waals surface area (Å²) in [4.78, 5) is 0. The van der Waals surface area contributed by atoms with Gasteiger partial charge in [0.05, 0.1) is 6.10 Å². The zero-order chi connectivity index (χ0) is 13.0. The highest BCUT2D eigenvalue weighted by Crippen LogP contribution is 2.36. The number of hydrogen-bond donors (Lipinski definition) is 1. The van der Waals surface area contributed by atoms with Crippen LogP contribution in [0.1, 0.15) is 72.1 Å². The van der Waals surface area contributed by atoms with Crippen molar-refractivity contribution < 1.29 is 4.74 Å². The smallest absolute Gasteiger partial charge is 0.0589 e. The largest absolute Gasteiger partial charge is 0.378 e. The van der Waals surface area contributed by atoms with Crippen molar-refractivity contribution in [2.75, 3.05) is 6.61 Å². The van der Waals surface area contributed by atoms with Gasteiger partial charge < -0.3 is 10.1 Å². The molecular weight excluding hydrogens is 222 g/mol. The Kier molecular flexibility index (Phi) is 5.08. The molecule has 2 heteroatoms. The first kappa shape index (κ1) is 14.3. The van der Waals surface area contributed by atoms with Crippen molar-refractivity contribution in [1.82, 2.24) is 5.32 Å². The normalized spacial score (nSPS) is 36.5. The average Bonchev–Trinajstić information content (AvgIpc) is 2.33. The molecule has 2 nitrogen and oxygen atoms in total. The Morgan fingerprint density at radius 3 is 2.78 bits per heavy atom. The number of hydrogen-bond acceptors (Lipinski definition) is 2. The molecule has 0 bridgehead atoms. The van der Waals surface area contributed by atoms with Crippen LogP contribution in [0.4, 0.5) is 0 Å². The van der Waals surface area contributed by atoms with Crippen LogP contribution in [0.2, 0.25) is 0 Å². The van der Waals surface area contributed by atoms with Gasteiger partial charge in [-0.1, -0.05) is 40.0 Å². The van der Waals surface area contributed by atoms with Gasteiger partial charge in [0.1, 0.15) is 0 Å². The monoisotopic (exact) mass is 253 g/mol. The minimum absolute atomic E-state index is 0.483. The second-order valence-electron chi connectivity index (χ2n) is 6.96. The van der Waals surface area contributed by atoms with Crippen molar-refractivity contribution in [2.24, 2.45) is 5.41 Å². The van der Waals surface area contributed by atoms with Crippen LogP contribution >= 0.6 is 0 Å². The lowest BCUT2D eigenvalue weighted by Gasteiger charge is -2.43. The van der Waals surface area contributed by atoms with Gasteiger partial charge >= 0.3 is 0 Å². The fraction of sp³-hybridized carbons (Fsp3) is 1.00. The van der Waals surface area contributed by atoms with Crippen LogP contribution in [-0.2, 0) is 4.74 Å². The molecule has 106 valence electrons. The highest BCUT2D eigenvalue weighted by Gasteiger charge is 2.34. The summed E-state index contributed by atoms with van der Waals surface area (Å²) >= 11 is 0. The summed E-state index contributed by atoms with van der Waals surface area (Å²) in [6, 6.07) is 1.41. The van der Waals surface area contributed by atoms with E-state index in [1.807, 2.05) is 0 Å². The molecule has 3 unspecified atom stereocenters. The summed E-state index contributed by atoms with van der Waals surface area (Å²) in [5.74, 6) is 0. The van der Waals surface area contributed by atoms with Gasteiger partial charge in [-0.15, -0.1) is 0 Å². The molecule has 2 rings (SSSR count). The molecule has 0 amide bonds. The topological polar surface area (TPSA) is 21.3 Å². The van der Waals surface area contributed by atoms with Crippen molar-refractivity contribution in [2.45, 2.75) is 90.3 Å². The Morgan fingerprint density at radius 2 is 2.06 bits per heavy atom. The quantitative estimate of drug-likeness (QED) is 0.820. The maximum Gasteiger partial charge on any atom is 0.0589 e. The Hall–Kier alpha value is -0.0800. The van der Waals surface area contributed by atoms with Crippen LogP contribution in [0, 0.1) is 5.41 Å². The molecule has 2 aliphatic rings. The van der Waals surface area contributed by atoms with E-state index in [4.69, 9.17) is 4.74 Å². The highest BCUT2D eigenvalue weighted by atomic mass is 16.5. The first-order valence-electron chi connectivity index (χ1n) is 7.99. The summed E-state index contributed by atoms with van der Waals surface area (Å²) in [6.45, 7) is 8.08. The van der Waals surface area contributed by atoms with E-state index in [2.05, 4.69) is 26.1 Å². The molecule has 1 aliphatic carbocycles. The second kappa shape index (κ2) is 6.38. The van der Waals surface area contributed by atoms with Gasteiger partial charge in [0.25, 0.3) is 0 Å². The van der Waals surface area contributed by atoms with E-state index in [-0.39, 0.29) is 0 Å². The average molecular weight is 253 g/mol. The van der Waals surface area contributed by atoms with Crippen LogP contribution in [0.5, 0.6) is 0 Å². The molecule has 18 heavy (non-hydrogen) atoms. The lowest BCUT2D eigenvalue weighted by molar-refractivity contribution is -0.0101. The maximum absolute atomic E-state index is 5.85. The van der Waals surface area contributed by atoms with Gasteiger partial charge in [-0.2, -0.15) is 0 Å². The highest BCUT2D eigenvalue weighted by molar-refractivity contribution is 4.91. The molecule has 1 N–H and O–H groups in total. The summed E-state index contributed by atoms with van der Waals surface area (Å²) in [5, 5.41) is 3.96. The Bertz CT molecular complexity index is 249. The Morgan fingerprint density at radius 1 is 1.22 bits per heavy atom. The van der Waals surface area contributed by atoms with E-state index in [0.29, 0.717) is 17.6 Å². The van der Waals surface area contributed by atoms with Crippen molar-refractivity contribution in [3.63, 3.8) is 0 Å². The predicted octanol–water partition coefficient (Wildman–Crippen LogP) is 3.89. The summed E-state index contributed by atoms with van der Waals surface area (Å²) < 4.78 is 5.85. The van der Waals surface area contributed by atoms with E-state index in [1.165, 1.54) is 51.4 Å². The number of nitrogens with one attached hydrogen (secondary N) is 1. The molecule has 1 aliphatic heterocycles. The molecule has 0 spiro atoms. The van der Waals surface area contributed by atoms with Gasteiger partial charge in [-0.3, -0.25) is 0 Å². The van der Waals surface area contributed by atoms with Crippen molar-refractivity contribution in [1.29, 1.82) is 0 Å². The second-order valence-corrected chi connectivity index (χ2v) is 6.96. The molecule has 1 saturated heterocycles. The zero-order valence-electron chi connectivity index (χ0n) is 12.5. The fourth-order valence-corrected chi connectivity index (χ4v) is 3.64. The third kappa shape index (κ3) is 3.71. The van der Waals surface area contributed by atoms with E-state index >= 15 is 0 Å². The van der Waals surface area contributed by atoms with E-state index in [9.17, 15) is 0 Å². The van der Waals surface area contributed by atoms with Gasteiger partial charge in [0, 0.05) is 18.7 Å². The number of rotatable bonds is 4. The molecule has 3 atom stereocenters. The molecule has 0 aromatic carbocycles. The lowest BCUT2D eigenvalue weighted by Crippen LogP contribution is -2.51. The van der Waals surface area contributed by atoms with Crippen LogP contribution in [0.15, 0.2) is 0 Å². The first-order chi connectivity index (χ1) is 8.62.